The van der Waals surface area contributed by atoms with Gasteiger partial charge in [-0.25, -0.2) is 14.8 Å². The molecule has 11 nitrogen and oxygen atoms in total. The zero-order chi connectivity index (χ0) is 38.2. The molecule has 0 amide bonds. The Labute approximate surface area is 320 Å². The van der Waals surface area contributed by atoms with E-state index in [1.165, 1.54) is 24.3 Å². The molecule has 2 aromatic heterocycles. The summed E-state index contributed by atoms with van der Waals surface area (Å²) in [5, 5.41) is 28.8. The lowest BCUT2D eigenvalue weighted by Crippen LogP contribution is -2.28. The number of thiocarbonyl (C=S) groups is 1. The van der Waals surface area contributed by atoms with Crippen molar-refractivity contribution in [1.29, 1.82) is 0 Å². The number of unbranched alkanes of at least 4 members (excludes halogenated alkanes) is 1. The number of nitrogens with zero attached hydrogens (tertiary/aromatic N) is 3. The molecule has 0 unspecified atom stereocenters. The lowest BCUT2D eigenvalue weighted by atomic mass is 9.90. The molecule has 0 fully saturated rings. The number of nitrogens with one attached hydrogen (secondary N) is 2. The van der Waals surface area contributed by atoms with Crippen molar-refractivity contribution in [2.75, 3.05) is 11.1 Å². The number of aromatic hydroxyl groups is 1. The third-order valence-corrected chi connectivity index (χ3v) is 9.98. The lowest BCUT2D eigenvalue weighted by Gasteiger charge is -2.19. The molecule has 0 saturated heterocycles. The van der Waals surface area contributed by atoms with E-state index < -0.39 is 5.97 Å². The number of aromatic carboxylic acids is 1. The minimum Gasteiger partial charge on any atom is -0.508 e. The number of nitrogens with two attached hydrogens (primary N) is 1. The lowest BCUT2D eigenvalue weighted by molar-refractivity contribution is 0.0699. The van der Waals surface area contributed by atoms with Gasteiger partial charge in [0.05, 0.1) is 22.3 Å². The SMILES string of the molecule is CCCCc1nc2c(N)nc3ccccc3c2n1Cc1ccc(CNC(=S)Nc2cccc(-c3c4ccc(=O)cc-4oc4cc(O)ccc34)c2C(=O)O)cc1. The van der Waals surface area contributed by atoms with Crippen molar-refractivity contribution >= 4 is 67.7 Å². The van der Waals surface area contributed by atoms with Gasteiger partial charge in [0, 0.05) is 53.5 Å². The number of benzene rings is 5. The summed E-state index contributed by atoms with van der Waals surface area (Å²) in [5.74, 6) is 0.475. The Morgan fingerprint density at radius 2 is 1.71 bits per heavy atom. The minimum absolute atomic E-state index is 0.0141. The molecule has 0 saturated carbocycles. The van der Waals surface area contributed by atoms with Gasteiger partial charge < -0.3 is 35.6 Å². The Balaban J connectivity index is 1.04. The van der Waals surface area contributed by atoms with Gasteiger partial charge in [0.2, 0.25) is 0 Å². The maximum absolute atomic E-state index is 12.9. The number of phenols is 1. The molecule has 8 rings (SSSR count). The van der Waals surface area contributed by atoms with E-state index in [9.17, 15) is 19.8 Å². The largest absolute Gasteiger partial charge is 0.508 e. The second kappa shape index (κ2) is 14.6. The summed E-state index contributed by atoms with van der Waals surface area (Å²) in [6.07, 6.45) is 2.89. The summed E-state index contributed by atoms with van der Waals surface area (Å²) in [7, 11) is 0. The van der Waals surface area contributed by atoms with E-state index in [1.807, 2.05) is 30.3 Å². The maximum Gasteiger partial charge on any atom is 0.338 e. The highest BCUT2D eigenvalue weighted by molar-refractivity contribution is 7.80. The normalized spacial score (nSPS) is 11.4. The second-order valence-corrected chi connectivity index (χ2v) is 13.8. The molecule has 55 heavy (non-hydrogen) atoms. The fraction of sp³-hybridized carbons (Fsp3) is 0.140. The number of rotatable bonds is 10. The van der Waals surface area contributed by atoms with Crippen molar-refractivity contribution in [1.82, 2.24) is 19.9 Å². The van der Waals surface area contributed by atoms with Gasteiger partial charge in [-0.1, -0.05) is 67.9 Å². The smallest absolute Gasteiger partial charge is 0.338 e. The molecule has 1 aliphatic heterocycles. The molecular weight excluding hydrogens is 713 g/mol. The van der Waals surface area contributed by atoms with Gasteiger partial charge in [-0.15, -0.1) is 0 Å². The van der Waals surface area contributed by atoms with Gasteiger partial charge in [-0.05, 0) is 71.7 Å². The highest BCUT2D eigenvalue weighted by atomic mass is 32.1. The number of pyridine rings is 1. The molecule has 1 aliphatic carbocycles. The molecule has 2 aliphatic rings. The number of fused-ring (bicyclic) bond motifs is 5. The number of para-hydroxylation sites is 1. The Hall–Kier alpha value is -6.79. The van der Waals surface area contributed by atoms with Gasteiger partial charge in [-0.2, -0.15) is 0 Å². The number of hydrogen-bond acceptors (Lipinski definition) is 8. The zero-order valence-electron chi connectivity index (χ0n) is 29.8. The van der Waals surface area contributed by atoms with Gasteiger partial charge >= 0.3 is 5.97 Å². The Morgan fingerprint density at radius 1 is 0.909 bits per heavy atom. The van der Waals surface area contributed by atoms with Crippen LogP contribution in [0.3, 0.4) is 0 Å². The van der Waals surface area contributed by atoms with Crippen LogP contribution in [-0.2, 0) is 19.5 Å². The Bertz CT molecular complexity index is 2810. The molecule has 0 atom stereocenters. The number of phenolic OH excluding ortho intramolecular Hbond substituents is 1. The number of carboxylic acids is 1. The molecule has 0 bridgehead atoms. The predicted octanol–water partition coefficient (Wildman–Crippen LogP) is 8.33. The zero-order valence-corrected chi connectivity index (χ0v) is 30.6. The number of nitrogen functional groups attached to an aromatic ring is 1. The van der Waals surface area contributed by atoms with E-state index in [0.29, 0.717) is 46.6 Å². The number of carbonyl (C=O) groups is 1. The van der Waals surface area contributed by atoms with Gasteiger partial charge in [0.25, 0.3) is 0 Å². The van der Waals surface area contributed by atoms with Crippen LogP contribution in [0.4, 0.5) is 11.5 Å². The predicted molar refractivity (Wildman–Crippen MR) is 220 cm³/mol. The summed E-state index contributed by atoms with van der Waals surface area (Å²) in [4.78, 5) is 34.7. The van der Waals surface area contributed by atoms with Crippen LogP contribution >= 0.6 is 12.2 Å². The van der Waals surface area contributed by atoms with Crippen molar-refractivity contribution in [3.63, 3.8) is 0 Å². The van der Waals surface area contributed by atoms with Crippen molar-refractivity contribution in [3.8, 4) is 28.2 Å². The average Bonchev–Trinajstić information content (AvgIpc) is 3.54. The third kappa shape index (κ3) is 6.79. The van der Waals surface area contributed by atoms with Crippen LogP contribution in [0.2, 0.25) is 0 Å². The van der Waals surface area contributed by atoms with Crippen LogP contribution in [-0.4, -0.2) is 35.8 Å². The Morgan fingerprint density at radius 3 is 2.51 bits per heavy atom. The average molecular weight is 749 g/mol. The third-order valence-electron chi connectivity index (χ3n) is 9.73. The highest BCUT2D eigenvalue weighted by Crippen LogP contribution is 2.43. The molecule has 3 heterocycles. The van der Waals surface area contributed by atoms with Gasteiger partial charge in [0.1, 0.15) is 28.4 Å². The van der Waals surface area contributed by atoms with Crippen LogP contribution in [0.5, 0.6) is 5.75 Å². The molecule has 12 heteroatoms. The molecule has 6 aromatic rings. The number of imidazole rings is 1. The van der Waals surface area contributed by atoms with Crippen molar-refractivity contribution < 1.29 is 19.4 Å². The van der Waals surface area contributed by atoms with E-state index in [0.717, 1.165) is 58.2 Å². The van der Waals surface area contributed by atoms with Crippen LogP contribution in [0.25, 0.3) is 55.4 Å². The summed E-state index contributed by atoms with van der Waals surface area (Å²) in [5.41, 5.74) is 12.8. The highest BCUT2D eigenvalue weighted by Gasteiger charge is 2.24. The topological polar surface area (TPSA) is 169 Å². The molecule has 6 N–H and O–H groups in total. The van der Waals surface area contributed by atoms with Crippen LogP contribution < -0.4 is 21.8 Å². The van der Waals surface area contributed by atoms with Crippen molar-refractivity contribution in [3.05, 3.63) is 136 Å². The first-order valence-electron chi connectivity index (χ1n) is 17.9. The Kier molecular flexibility index (Phi) is 9.33. The first kappa shape index (κ1) is 35.3. The minimum atomic E-state index is -1.17. The number of anilines is 2. The van der Waals surface area contributed by atoms with Crippen LogP contribution in [0, 0.1) is 0 Å². The first-order valence-corrected chi connectivity index (χ1v) is 18.3. The quantitative estimate of drug-likeness (QED) is 0.0674. The molecular formula is C43H36N6O5S. The maximum atomic E-state index is 12.9. The fourth-order valence-corrected chi connectivity index (χ4v) is 7.32. The summed E-state index contributed by atoms with van der Waals surface area (Å²) >= 11 is 5.65. The van der Waals surface area contributed by atoms with Gasteiger partial charge in [0.15, 0.2) is 16.4 Å². The number of aryl methyl sites for hydroxylation is 1. The van der Waals surface area contributed by atoms with Crippen molar-refractivity contribution in [2.24, 2.45) is 0 Å². The van der Waals surface area contributed by atoms with Gasteiger partial charge in [-0.3, -0.25) is 4.79 Å². The fourth-order valence-electron chi connectivity index (χ4n) is 7.14. The monoisotopic (exact) mass is 748 g/mol. The number of hydrogen-bond donors (Lipinski definition) is 5. The van der Waals surface area contributed by atoms with E-state index >= 15 is 0 Å². The molecule has 274 valence electrons. The second-order valence-electron chi connectivity index (χ2n) is 13.4. The number of carboxylic acid groups (broad SMARTS) is 1. The summed E-state index contributed by atoms with van der Waals surface area (Å²) in [6, 6.07) is 30.3. The van der Waals surface area contributed by atoms with E-state index in [1.54, 1.807) is 30.3 Å². The summed E-state index contributed by atoms with van der Waals surface area (Å²) in [6.45, 7) is 3.18. The molecule has 0 spiro atoms. The van der Waals surface area contributed by atoms with E-state index in [4.69, 9.17) is 27.4 Å². The molecule has 4 aromatic carbocycles. The van der Waals surface area contributed by atoms with E-state index in [2.05, 4.69) is 45.3 Å². The van der Waals surface area contributed by atoms with E-state index in [-0.39, 0.29) is 33.3 Å². The van der Waals surface area contributed by atoms with Crippen LogP contribution in [0.15, 0.2) is 112 Å². The molecule has 0 radical (unpaired) electrons. The number of aromatic nitrogens is 3. The van der Waals surface area contributed by atoms with Crippen molar-refractivity contribution in [2.45, 2.75) is 39.3 Å². The summed E-state index contributed by atoms with van der Waals surface area (Å²) < 4.78 is 8.22. The standard InChI is InChI=1S/C43H36N6O5S/c1-2-3-11-36-48-39-40(28-7-4-5-9-32(28)46-41(39)44)49(36)23-25-14-12-24(13-15-25)22-45-43(55)47-33-10-6-8-31(38(33)42(52)53)37-29-18-16-26(50)20-34(29)54-35-21-27(51)17-19-30(35)37/h4-10,12-21,50H,2-3,11,22-23H2,1H3,(H2,44,46)(H,52,53)(H2,45,47,55). The van der Waals surface area contributed by atoms with Crippen LogP contribution in [0.1, 0.15) is 47.1 Å². The first-order chi connectivity index (χ1) is 26.7.